The summed E-state index contributed by atoms with van der Waals surface area (Å²) in [6.45, 7) is 0. The summed E-state index contributed by atoms with van der Waals surface area (Å²) in [4.78, 5) is 35.7. The third-order valence-corrected chi connectivity index (χ3v) is 3.77. The molecule has 6 heteroatoms. The number of anilines is 2. The molecule has 1 unspecified atom stereocenters. The van der Waals surface area contributed by atoms with Crippen LogP contribution in [-0.2, 0) is 9.59 Å². The summed E-state index contributed by atoms with van der Waals surface area (Å²) in [6, 6.07) is 13.8. The smallest absolute Gasteiger partial charge is 0.250 e. The van der Waals surface area contributed by atoms with E-state index < -0.39 is 11.8 Å². The van der Waals surface area contributed by atoms with Gasteiger partial charge in [0.15, 0.2) is 0 Å². The number of rotatable bonds is 4. The molecule has 4 N–H and O–H groups in total. The van der Waals surface area contributed by atoms with Gasteiger partial charge in [0.25, 0.3) is 5.91 Å². The van der Waals surface area contributed by atoms with Gasteiger partial charge in [0.05, 0.1) is 17.2 Å². The lowest BCUT2D eigenvalue weighted by atomic mass is 9.97. The van der Waals surface area contributed by atoms with Gasteiger partial charge in [0.1, 0.15) is 0 Å². The van der Waals surface area contributed by atoms with Gasteiger partial charge in [-0.25, -0.2) is 0 Å². The molecule has 2 aromatic carbocycles. The van der Waals surface area contributed by atoms with Crippen molar-refractivity contribution in [1.29, 1.82) is 0 Å². The highest BCUT2D eigenvalue weighted by Crippen LogP contribution is 2.34. The van der Waals surface area contributed by atoms with Crippen LogP contribution in [-0.4, -0.2) is 17.7 Å². The Morgan fingerprint density at radius 1 is 1.09 bits per heavy atom. The SMILES string of the molecule is NC(=O)c1ccccc1NC(=O)CC1C(=O)Nc2ccccc21. The fourth-order valence-electron chi connectivity index (χ4n) is 2.67. The predicted octanol–water partition coefficient (Wildman–Crippen LogP) is 1.85. The minimum absolute atomic E-state index is 0.00402. The van der Waals surface area contributed by atoms with Crippen LogP contribution < -0.4 is 16.4 Å². The average molecular weight is 309 g/mol. The molecule has 1 aliphatic rings. The zero-order valence-corrected chi connectivity index (χ0v) is 12.2. The van der Waals surface area contributed by atoms with E-state index in [-0.39, 0.29) is 23.8 Å². The fraction of sp³-hybridized carbons (Fsp3) is 0.118. The highest BCUT2D eigenvalue weighted by Gasteiger charge is 2.32. The number of amides is 3. The lowest BCUT2D eigenvalue weighted by molar-refractivity contribution is -0.122. The summed E-state index contributed by atoms with van der Waals surface area (Å²) in [5, 5.41) is 5.40. The lowest BCUT2D eigenvalue weighted by Gasteiger charge is -2.11. The van der Waals surface area contributed by atoms with E-state index in [2.05, 4.69) is 10.6 Å². The molecule has 3 rings (SSSR count). The quantitative estimate of drug-likeness (QED) is 0.803. The molecule has 116 valence electrons. The van der Waals surface area contributed by atoms with E-state index in [1.165, 1.54) is 6.07 Å². The fourth-order valence-corrected chi connectivity index (χ4v) is 2.67. The molecule has 0 saturated heterocycles. The largest absolute Gasteiger partial charge is 0.366 e. The van der Waals surface area contributed by atoms with E-state index in [1.807, 2.05) is 18.2 Å². The van der Waals surface area contributed by atoms with Crippen LogP contribution in [0.2, 0.25) is 0 Å². The van der Waals surface area contributed by atoms with Gasteiger partial charge in [-0.2, -0.15) is 0 Å². The molecule has 1 atom stereocenters. The van der Waals surface area contributed by atoms with Crippen molar-refractivity contribution in [3.63, 3.8) is 0 Å². The van der Waals surface area contributed by atoms with Gasteiger partial charge in [0.2, 0.25) is 11.8 Å². The van der Waals surface area contributed by atoms with E-state index >= 15 is 0 Å². The van der Waals surface area contributed by atoms with Gasteiger partial charge in [-0.1, -0.05) is 30.3 Å². The van der Waals surface area contributed by atoms with Crippen LogP contribution in [0.4, 0.5) is 11.4 Å². The van der Waals surface area contributed by atoms with Crippen molar-refractivity contribution < 1.29 is 14.4 Å². The molecule has 1 heterocycles. The number of benzene rings is 2. The van der Waals surface area contributed by atoms with E-state index in [9.17, 15) is 14.4 Å². The first-order valence-corrected chi connectivity index (χ1v) is 7.14. The summed E-state index contributed by atoms with van der Waals surface area (Å²) in [7, 11) is 0. The Balaban J connectivity index is 1.76. The van der Waals surface area contributed by atoms with Gasteiger partial charge in [-0.05, 0) is 23.8 Å². The Labute approximate surface area is 132 Å². The van der Waals surface area contributed by atoms with Gasteiger partial charge < -0.3 is 16.4 Å². The van der Waals surface area contributed by atoms with Crippen molar-refractivity contribution in [2.75, 3.05) is 10.6 Å². The molecule has 0 radical (unpaired) electrons. The highest BCUT2D eigenvalue weighted by atomic mass is 16.2. The maximum Gasteiger partial charge on any atom is 0.250 e. The number of carbonyl (C=O) groups is 3. The number of nitrogens with two attached hydrogens (primary N) is 1. The van der Waals surface area contributed by atoms with Gasteiger partial charge in [0, 0.05) is 12.1 Å². The summed E-state index contributed by atoms with van der Waals surface area (Å²) in [6.07, 6.45) is -0.00402. The molecule has 23 heavy (non-hydrogen) atoms. The number of para-hydroxylation sites is 2. The molecule has 6 nitrogen and oxygen atoms in total. The number of hydrogen-bond acceptors (Lipinski definition) is 3. The first kappa shape index (κ1) is 14.8. The number of primary amides is 1. The van der Waals surface area contributed by atoms with Crippen molar-refractivity contribution in [3.05, 3.63) is 59.7 Å². The number of fused-ring (bicyclic) bond motifs is 1. The molecule has 0 fully saturated rings. The zero-order valence-electron chi connectivity index (χ0n) is 12.2. The molecule has 2 aromatic rings. The van der Waals surface area contributed by atoms with Gasteiger partial charge in [-0.3, -0.25) is 14.4 Å². The molecular weight excluding hydrogens is 294 g/mol. The van der Waals surface area contributed by atoms with Crippen molar-refractivity contribution in [2.24, 2.45) is 5.73 Å². The Morgan fingerprint density at radius 2 is 1.78 bits per heavy atom. The van der Waals surface area contributed by atoms with Crippen LogP contribution >= 0.6 is 0 Å². The predicted molar refractivity (Wildman–Crippen MR) is 86.0 cm³/mol. The molecule has 1 aliphatic heterocycles. The second kappa shape index (κ2) is 5.92. The van der Waals surface area contributed by atoms with Gasteiger partial charge >= 0.3 is 0 Å². The van der Waals surface area contributed by atoms with Crippen LogP contribution in [0.15, 0.2) is 48.5 Å². The van der Waals surface area contributed by atoms with E-state index in [0.717, 1.165) is 11.3 Å². The summed E-state index contributed by atoms with van der Waals surface area (Å²) < 4.78 is 0. The molecule has 0 aromatic heterocycles. The highest BCUT2D eigenvalue weighted by molar-refractivity contribution is 6.07. The second-order valence-corrected chi connectivity index (χ2v) is 5.29. The Hall–Kier alpha value is -3.15. The summed E-state index contributed by atoms with van der Waals surface area (Å²) in [5.74, 6) is -1.71. The van der Waals surface area contributed by atoms with Crippen molar-refractivity contribution in [2.45, 2.75) is 12.3 Å². The van der Waals surface area contributed by atoms with Crippen LogP contribution in [0, 0.1) is 0 Å². The third-order valence-electron chi connectivity index (χ3n) is 3.77. The summed E-state index contributed by atoms with van der Waals surface area (Å²) in [5.41, 5.74) is 7.39. The first-order valence-electron chi connectivity index (χ1n) is 7.14. The van der Waals surface area contributed by atoms with Crippen LogP contribution in [0.3, 0.4) is 0 Å². The van der Waals surface area contributed by atoms with Crippen molar-refractivity contribution in [3.8, 4) is 0 Å². The molecule has 0 spiro atoms. The molecule has 0 saturated carbocycles. The van der Waals surface area contributed by atoms with Crippen LogP contribution in [0.1, 0.15) is 28.3 Å². The molecule has 0 aliphatic carbocycles. The van der Waals surface area contributed by atoms with E-state index in [1.54, 1.807) is 24.3 Å². The minimum Gasteiger partial charge on any atom is -0.366 e. The standard InChI is InChI=1S/C17H15N3O3/c18-16(22)11-6-2-4-8-14(11)19-15(21)9-12-10-5-1-3-7-13(10)20-17(12)23/h1-8,12H,9H2,(H2,18,22)(H,19,21)(H,20,23). The van der Waals surface area contributed by atoms with Gasteiger partial charge in [-0.15, -0.1) is 0 Å². The minimum atomic E-state index is -0.621. The Bertz CT molecular complexity index is 801. The maximum absolute atomic E-state index is 12.3. The third kappa shape index (κ3) is 2.91. The van der Waals surface area contributed by atoms with E-state index in [4.69, 9.17) is 5.73 Å². The van der Waals surface area contributed by atoms with Crippen LogP contribution in [0.25, 0.3) is 0 Å². The second-order valence-electron chi connectivity index (χ2n) is 5.29. The van der Waals surface area contributed by atoms with Crippen LogP contribution in [0.5, 0.6) is 0 Å². The summed E-state index contributed by atoms with van der Waals surface area (Å²) >= 11 is 0. The zero-order chi connectivity index (χ0) is 16.4. The average Bonchev–Trinajstić information content (AvgIpc) is 2.83. The monoisotopic (exact) mass is 309 g/mol. The first-order chi connectivity index (χ1) is 11.1. The van der Waals surface area contributed by atoms with Crippen molar-refractivity contribution in [1.82, 2.24) is 0 Å². The Morgan fingerprint density at radius 3 is 2.57 bits per heavy atom. The maximum atomic E-state index is 12.3. The molecule has 0 bridgehead atoms. The molecular formula is C17H15N3O3. The number of carbonyl (C=O) groups excluding carboxylic acids is 3. The normalized spacial score (nSPS) is 15.7. The number of nitrogens with one attached hydrogen (secondary N) is 2. The number of hydrogen-bond donors (Lipinski definition) is 3. The molecule has 3 amide bonds. The lowest BCUT2D eigenvalue weighted by Crippen LogP contribution is -2.22. The van der Waals surface area contributed by atoms with Crippen molar-refractivity contribution >= 4 is 29.1 Å². The van der Waals surface area contributed by atoms with E-state index in [0.29, 0.717) is 5.69 Å². The Kier molecular flexibility index (Phi) is 3.80. The topological polar surface area (TPSA) is 101 Å².